The first-order valence-corrected chi connectivity index (χ1v) is 9.54. The fourth-order valence-electron chi connectivity index (χ4n) is 2.95. The molecule has 7 heteroatoms. The third kappa shape index (κ3) is 2.80. The molecule has 2 aromatic rings. The highest BCUT2D eigenvalue weighted by atomic mass is 32.2. The summed E-state index contributed by atoms with van der Waals surface area (Å²) in [5.41, 5.74) is 0.921. The molecular weight excluding hydrogens is 330 g/mol. The van der Waals surface area contributed by atoms with Crippen molar-refractivity contribution >= 4 is 45.1 Å². The van der Waals surface area contributed by atoms with Gasteiger partial charge in [0.15, 0.2) is 0 Å². The van der Waals surface area contributed by atoms with Gasteiger partial charge in [-0.3, -0.25) is 0 Å². The van der Waals surface area contributed by atoms with Gasteiger partial charge in [-0.2, -0.15) is 11.8 Å². The summed E-state index contributed by atoms with van der Waals surface area (Å²) < 4.78 is 4.91. The molecule has 0 aromatic carbocycles. The number of carbonyl (C=O) groups is 1. The molecule has 1 fully saturated rings. The molecule has 2 atom stereocenters. The number of rotatable bonds is 2. The van der Waals surface area contributed by atoms with E-state index in [9.17, 15) is 4.79 Å². The molecule has 0 aliphatic carbocycles. The van der Waals surface area contributed by atoms with Crippen molar-refractivity contribution in [3.05, 3.63) is 16.3 Å². The molecule has 2 unspecified atom stereocenters. The number of hydrogen-bond acceptors (Lipinski definition) is 7. The van der Waals surface area contributed by atoms with Crippen molar-refractivity contribution in [1.82, 2.24) is 9.97 Å². The van der Waals surface area contributed by atoms with E-state index in [0.717, 1.165) is 39.7 Å². The van der Waals surface area contributed by atoms with Gasteiger partial charge in [0.2, 0.25) is 0 Å². The van der Waals surface area contributed by atoms with E-state index < -0.39 is 0 Å². The molecule has 124 valence electrons. The Kier molecular flexibility index (Phi) is 4.51. The predicted octanol–water partition coefficient (Wildman–Crippen LogP) is 3.42. The molecule has 1 aliphatic rings. The van der Waals surface area contributed by atoms with Crippen LogP contribution in [-0.4, -0.2) is 46.6 Å². The second-order valence-corrected chi connectivity index (χ2v) is 8.32. The number of esters is 1. The third-order valence-corrected chi connectivity index (χ3v) is 6.91. The monoisotopic (exact) mass is 351 g/mol. The smallest absolute Gasteiger partial charge is 0.348 e. The van der Waals surface area contributed by atoms with Crippen LogP contribution in [-0.2, 0) is 4.74 Å². The second-order valence-electron chi connectivity index (χ2n) is 5.83. The van der Waals surface area contributed by atoms with E-state index in [2.05, 4.69) is 23.7 Å². The average Bonchev–Trinajstić information content (AvgIpc) is 2.85. The fourth-order valence-corrected chi connectivity index (χ4v) is 5.19. The highest BCUT2D eigenvalue weighted by Crippen LogP contribution is 2.38. The number of nitrogens with zero attached hydrogens (tertiary/aromatic N) is 3. The summed E-state index contributed by atoms with van der Waals surface area (Å²) >= 11 is 3.39. The Hall–Kier alpha value is -1.34. The van der Waals surface area contributed by atoms with Gasteiger partial charge in [-0.15, -0.1) is 11.3 Å². The largest absolute Gasteiger partial charge is 0.465 e. The molecule has 5 nitrogen and oxygen atoms in total. The highest BCUT2D eigenvalue weighted by molar-refractivity contribution is 8.00. The van der Waals surface area contributed by atoms with Crippen LogP contribution >= 0.6 is 23.1 Å². The van der Waals surface area contributed by atoms with Crippen molar-refractivity contribution in [2.45, 2.75) is 39.0 Å². The zero-order valence-corrected chi connectivity index (χ0v) is 15.7. The maximum Gasteiger partial charge on any atom is 0.348 e. The van der Waals surface area contributed by atoms with Crippen LogP contribution in [0.1, 0.15) is 34.9 Å². The number of fused-ring (bicyclic) bond motifs is 1. The SMILES string of the molecule is COC(=O)c1sc2nc(C)nc(N3CCSC(C)C3C)c2c1C. The van der Waals surface area contributed by atoms with E-state index in [1.165, 1.54) is 18.4 Å². The van der Waals surface area contributed by atoms with E-state index >= 15 is 0 Å². The van der Waals surface area contributed by atoms with Gasteiger partial charge in [-0.05, 0) is 26.3 Å². The lowest BCUT2D eigenvalue weighted by Crippen LogP contribution is -2.45. The van der Waals surface area contributed by atoms with Crippen molar-refractivity contribution in [2.75, 3.05) is 24.3 Å². The van der Waals surface area contributed by atoms with Crippen LogP contribution in [0, 0.1) is 13.8 Å². The highest BCUT2D eigenvalue weighted by Gasteiger charge is 2.30. The van der Waals surface area contributed by atoms with E-state index in [1.54, 1.807) is 0 Å². The molecular formula is C16H21N3O2S2. The topological polar surface area (TPSA) is 55.3 Å². The summed E-state index contributed by atoms with van der Waals surface area (Å²) in [6, 6.07) is 0.395. The number of anilines is 1. The lowest BCUT2D eigenvalue weighted by Gasteiger charge is -2.38. The van der Waals surface area contributed by atoms with Gasteiger partial charge >= 0.3 is 5.97 Å². The summed E-state index contributed by atoms with van der Waals surface area (Å²) in [6.45, 7) is 9.32. The number of thiophene rings is 1. The first-order chi connectivity index (χ1) is 10.9. The molecule has 0 radical (unpaired) electrons. The maximum atomic E-state index is 12.0. The van der Waals surface area contributed by atoms with Crippen molar-refractivity contribution in [3.63, 3.8) is 0 Å². The number of carbonyl (C=O) groups excluding carboxylic acids is 1. The van der Waals surface area contributed by atoms with Crippen molar-refractivity contribution in [1.29, 1.82) is 0 Å². The molecule has 0 amide bonds. The van der Waals surface area contributed by atoms with Crippen molar-refractivity contribution in [3.8, 4) is 0 Å². The van der Waals surface area contributed by atoms with E-state index in [4.69, 9.17) is 9.72 Å². The Morgan fingerprint density at radius 1 is 1.30 bits per heavy atom. The van der Waals surface area contributed by atoms with Crippen LogP contribution in [0.15, 0.2) is 0 Å². The minimum Gasteiger partial charge on any atom is -0.465 e. The number of thioether (sulfide) groups is 1. The van der Waals surface area contributed by atoms with E-state index in [1.807, 2.05) is 25.6 Å². The Balaban J connectivity index is 2.20. The molecule has 1 saturated heterocycles. The minimum absolute atomic E-state index is 0.301. The molecule has 3 heterocycles. The van der Waals surface area contributed by atoms with Gasteiger partial charge in [0.05, 0.1) is 12.5 Å². The van der Waals surface area contributed by atoms with E-state index in [0.29, 0.717) is 16.2 Å². The summed E-state index contributed by atoms with van der Waals surface area (Å²) in [4.78, 5) is 25.1. The predicted molar refractivity (Wildman–Crippen MR) is 97.0 cm³/mol. The van der Waals surface area contributed by atoms with Crippen LogP contribution in [0.25, 0.3) is 10.2 Å². The van der Waals surface area contributed by atoms with Crippen LogP contribution in [0.5, 0.6) is 0 Å². The Morgan fingerprint density at radius 3 is 2.74 bits per heavy atom. The fraction of sp³-hybridized carbons (Fsp3) is 0.562. The first kappa shape index (κ1) is 16.5. The zero-order chi connectivity index (χ0) is 16.7. The van der Waals surface area contributed by atoms with Crippen molar-refractivity contribution < 1.29 is 9.53 Å². The number of hydrogen-bond donors (Lipinski definition) is 0. The second kappa shape index (κ2) is 6.28. The lowest BCUT2D eigenvalue weighted by atomic mass is 10.1. The molecule has 0 N–H and O–H groups in total. The normalized spacial score (nSPS) is 21.7. The van der Waals surface area contributed by atoms with Crippen LogP contribution < -0.4 is 4.90 Å². The first-order valence-electron chi connectivity index (χ1n) is 7.68. The summed E-state index contributed by atoms with van der Waals surface area (Å²) in [5.74, 6) is 2.48. The molecule has 0 saturated carbocycles. The van der Waals surface area contributed by atoms with Gasteiger partial charge in [-0.1, -0.05) is 6.92 Å². The lowest BCUT2D eigenvalue weighted by molar-refractivity contribution is 0.0605. The Morgan fingerprint density at radius 2 is 2.04 bits per heavy atom. The molecule has 3 rings (SSSR count). The zero-order valence-electron chi connectivity index (χ0n) is 14.0. The standard InChI is InChI=1S/C16H21N3O2S2/c1-8-12-14(19-6-7-22-10(3)9(19)2)17-11(4)18-15(12)23-13(8)16(20)21-5/h9-10H,6-7H2,1-5H3. The van der Waals surface area contributed by atoms with E-state index in [-0.39, 0.29) is 5.97 Å². The van der Waals surface area contributed by atoms with Gasteiger partial charge < -0.3 is 9.64 Å². The van der Waals surface area contributed by atoms with Gasteiger partial charge in [0.25, 0.3) is 0 Å². The number of aromatic nitrogens is 2. The van der Waals surface area contributed by atoms with Gasteiger partial charge in [-0.25, -0.2) is 14.8 Å². The number of aryl methyl sites for hydroxylation is 2. The molecule has 1 aliphatic heterocycles. The molecule has 0 bridgehead atoms. The third-order valence-electron chi connectivity index (χ3n) is 4.41. The maximum absolute atomic E-state index is 12.0. The molecule has 0 spiro atoms. The summed E-state index contributed by atoms with van der Waals surface area (Å²) in [6.07, 6.45) is 0. The van der Waals surface area contributed by atoms with Crippen LogP contribution in [0.3, 0.4) is 0 Å². The van der Waals surface area contributed by atoms with Crippen molar-refractivity contribution in [2.24, 2.45) is 0 Å². The van der Waals surface area contributed by atoms with Crippen LogP contribution in [0.4, 0.5) is 5.82 Å². The molecule has 23 heavy (non-hydrogen) atoms. The van der Waals surface area contributed by atoms with Gasteiger partial charge in [0.1, 0.15) is 21.3 Å². The number of methoxy groups -OCH3 is 1. The van der Waals surface area contributed by atoms with Gasteiger partial charge in [0, 0.05) is 23.6 Å². The Labute approximate surface area is 144 Å². The summed E-state index contributed by atoms with van der Waals surface area (Å²) in [5, 5.41) is 1.54. The number of ether oxygens (including phenoxy) is 1. The summed E-state index contributed by atoms with van der Waals surface area (Å²) in [7, 11) is 1.41. The molecule has 2 aromatic heterocycles. The quantitative estimate of drug-likeness (QED) is 0.773. The minimum atomic E-state index is -0.301. The average molecular weight is 351 g/mol. The Bertz CT molecular complexity index is 759. The van der Waals surface area contributed by atoms with Crippen LogP contribution in [0.2, 0.25) is 0 Å².